The van der Waals surface area contributed by atoms with Crippen molar-refractivity contribution in [1.82, 2.24) is 19.6 Å². The molecule has 0 bridgehead atoms. The average molecular weight is 577 g/mol. The molecule has 0 aromatic carbocycles. The summed E-state index contributed by atoms with van der Waals surface area (Å²) in [4.78, 5) is 9.16. The van der Waals surface area contributed by atoms with Crippen LogP contribution in [0.5, 0.6) is 0 Å². The first-order valence-corrected chi connectivity index (χ1v) is 14.9. The van der Waals surface area contributed by atoms with E-state index in [2.05, 4.69) is 80.7 Å². The highest BCUT2D eigenvalue weighted by molar-refractivity contribution is 7.84. The normalized spacial score (nSPS) is 14.0. The maximum Gasteiger partial charge on any atom is 0.304 e. The summed E-state index contributed by atoms with van der Waals surface area (Å²) in [5, 5.41) is 0. The summed E-state index contributed by atoms with van der Waals surface area (Å²) in [6.07, 6.45) is 20.1. The van der Waals surface area contributed by atoms with Gasteiger partial charge >= 0.3 is 11.4 Å². The van der Waals surface area contributed by atoms with Crippen LogP contribution in [-0.4, -0.2) is 97.8 Å². The highest BCUT2D eigenvalue weighted by atomic mass is 35.5. The Labute approximate surface area is 229 Å². The highest BCUT2D eigenvalue weighted by Crippen LogP contribution is 2.07. The topological polar surface area (TPSA) is 106 Å². The summed E-state index contributed by atoms with van der Waals surface area (Å²) < 4.78 is 45.4. The van der Waals surface area contributed by atoms with E-state index in [1.807, 2.05) is 0 Å². The third kappa shape index (κ3) is 31.0. The average Bonchev–Trinajstić information content (AvgIpc) is 3.41. The molecule has 0 fully saturated rings. The molecule has 0 N–H and O–H groups in total. The molecule has 10 nitrogen and oxygen atoms in total. The minimum atomic E-state index is -3.92. The van der Waals surface area contributed by atoms with E-state index in [-0.39, 0.29) is 12.4 Å². The summed E-state index contributed by atoms with van der Waals surface area (Å²) in [6.45, 7) is 9.10. The molecule has 2 aliphatic heterocycles. The Hall–Kier alpha value is -1.05. The second kappa shape index (κ2) is 25.6. The van der Waals surface area contributed by atoms with E-state index in [4.69, 9.17) is 13.0 Å². The van der Waals surface area contributed by atoms with Crippen molar-refractivity contribution in [2.45, 2.75) is 65.2 Å². The Morgan fingerprint density at radius 2 is 1.11 bits per heavy atom. The number of nitrogens with zero attached hydrogens (tertiary/aromatic N) is 4. The third-order valence-electron chi connectivity index (χ3n) is 4.74. The van der Waals surface area contributed by atoms with Crippen LogP contribution in [0.25, 0.3) is 0 Å². The maximum atomic E-state index is 9.85. The van der Waals surface area contributed by atoms with Crippen molar-refractivity contribution >= 4 is 21.5 Å². The highest BCUT2D eigenvalue weighted by Gasteiger charge is 2.07. The molecule has 0 saturated carbocycles. The van der Waals surface area contributed by atoms with E-state index in [9.17, 15) is 4.21 Å². The minimum absolute atomic E-state index is 0. The van der Waals surface area contributed by atoms with Crippen molar-refractivity contribution in [3.8, 4) is 0 Å². The van der Waals surface area contributed by atoms with Crippen LogP contribution in [-0.2, 0) is 29.8 Å². The number of hydrogen-bond acceptors (Lipinski definition) is 10. The molecule has 0 unspecified atom stereocenters. The maximum absolute atomic E-state index is 9.85. The molecule has 13 heteroatoms. The van der Waals surface area contributed by atoms with Gasteiger partial charge in [-0.3, -0.25) is 8.37 Å². The molecule has 0 radical (unpaired) electrons. The Balaban J connectivity index is -0.000000428. The van der Waals surface area contributed by atoms with Gasteiger partial charge in [0.2, 0.25) is 0 Å². The van der Waals surface area contributed by atoms with Gasteiger partial charge in [0.05, 0.1) is 37.7 Å². The minimum Gasteiger partial charge on any atom is -1.00 e. The molecule has 2 heterocycles. The zero-order chi connectivity index (χ0) is 27.1. The summed E-state index contributed by atoms with van der Waals surface area (Å²) in [5.41, 5.74) is 0. The summed E-state index contributed by atoms with van der Waals surface area (Å²) >= 11 is -1.53. The predicted octanol–water partition coefficient (Wildman–Crippen LogP) is 0.509. The quantitative estimate of drug-likeness (QED) is 0.241. The largest absolute Gasteiger partial charge is 1.00 e. The molecule has 2 aliphatic rings. The standard InChI is InChI=1S/2C10H20N2.C2H6O3S.CH4O3S.ClH/c2*1-3-4-5-6-7-12-9-8-11(2)10-12;1-4-6(3)5-2;1-5(2,3)4;/h2*8-9H,3-7,10H2,1-2H3;1-2H3;1H3,(H,2,3,4);1H/p-2. The van der Waals surface area contributed by atoms with E-state index in [0.29, 0.717) is 6.26 Å². The van der Waals surface area contributed by atoms with Crippen LogP contribution in [0.3, 0.4) is 0 Å². The van der Waals surface area contributed by atoms with Gasteiger partial charge in [0.1, 0.15) is 0 Å². The lowest BCUT2D eigenvalue weighted by Crippen LogP contribution is -3.00. The fourth-order valence-electron chi connectivity index (χ4n) is 3.02. The van der Waals surface area contributed by atoms with Crippen LogP contribution in [0.1, 0.15) is 65.2 Å². The van der Waals surface area contributed by atoms with E-state index >= 15 is 0 Å². The molecule has 0 saturated heterocycles. The molecule has 218 valence electrons. The second-order valence-electron chi connectivity index (χ2n) is 8.38. The SMILES string of the molecule is CCCCCCN1C=CN(C)C1.CCCCCCN1C=CN(C)C1.COS(=O)OC.CS(=O)(=O)[O-].[Cl-]. The van der Waals surface area contributed by atoms with E-state index in [1.54, 1.807) is 0 Å². The van der Waals surface area contributed by atoms with Gasteiger partial charge in [0, 0.05) is 58.2 Å². The second-order valence-corrected chi connectivity index (χ2v) is 10.9. The summed E-state index contributed by atoms with van der Waals surface area (Å²) in [6, 6.07) is 0. The lowest BCUT2D eigenvalue weighted by atomic mass is 10.2. The summed E-state index contributed by atoms with van der Waals surface area (Å²) in [5.74, 6) is 0. The molecule has 2 rings (SSSR count). The van der Waals surface area contributed by atoms with Gasteiger partial charge in [0.25, 0.3) is 0 Å². The molecule has 0 atom stereocenters. The Bertz CT molecular complexity index is 636. The van der Waals surface area contributed by atoms with Crippen molar-refractivity contribution in [3.05, 3.63) is 24.8 Å². The lowest BCUT2D eigenvalue weighted by Gasteiger charge is -2.17. The number of unbranched alkanes of at least 4 members (excludes halogenated alkanes) is 6. The van der Waals surface area contributed by atoms with Crippen molar-refractivity contribution in [1.29, 1.82) is 0 Å². The Morgan fingerprint density at radius 3 is 1.31 bits per heavy atom. The zero-order valence-electron chi connectivity index (χ0n) is 23.2. The Morgan fingerprint density at radius 1 is 0.778 bits per heavy atom. The van der Waals surface area contributed by atoms with Crippen molar-refractivity contribution in [2.75, 3.05) is 61.0 Å². The van der Waals surface area contributed by atoms with E-state index in [1.165, 1.54) is 78.7 Å². The molecule has 0 aliphatic carbocycles. The predicted molar refractivity (Wildman–Crippen MR) is 143 cm³/mol. The molecular formula is C23H49ClN4O6S2-2. The lowest BCUT2D eigenvalue weighted by molar-refractivity contribution is -0.0000146. The first kappa shape index (κ1) is 39.5. The third-order valence-corrected chi connectivity index (χ3v) is 5.29. The smallest absolute Gasteiger partial charge is 0.304 e. The summed E-state index contributed by atoms with van der Waals surface area (Å²) in [7, 11) is 2.92. The molecular weight excluding hydrogens is 528 g/mol. The van der Waals surface area contributed by atoms with Crippen LogP contribution in [0.2, 0.25) is 0 Å². The van der Waals surface area contributed by atoms with Gasteiger partial charge in [-0.05, 0) is 12.8 Å². The van der Waals surface area contributed by atoms with Gasteiger partial charge < -0.3 is 36.6 Å². The van der Waals surface area contributed by atoms with Gasteiger partial charge in [0.15, 0.2) is 0 Å². The number of rotatable bonds is 12. The number of hydrogen-bond donors (Lipinski definition) is 0. The van der Waals surface area contributed by atoms with Gasteiger partial charge in [-0.1, -0.05) is 52.4 Å². The van der Waals surface area contributed by atoms with Gasteiger partial charge in [-0.25, -0.2) is 8.42 Å². The number of halogens is 1. The fourth-order valence-corrected chi connectivity index (χ4v) is 3.16. The molecule has 0 aromatic rings. The van der Waals surface area contributed by atoms with Crippen molar-refractivity contribution < 1.29 is 38.0 Å². The van der Waals surface area contributed by atoms with Gasteiger partial charge in [-0.15, -0.1) is 0 Å². The molecule has 0 amide bonds. The van der Waals surface area contributed by atoms with Crippen LogP contribution in [0.15, 0.2) is 24.8 Å². The van der Waals surface area contributed by atoms with E-state index < -0.39 is 21.5 Å². The fraction of sp³-hybridized carbons (Fsp3) is 0.826. The van der Waals surface area contributed by atoms with Crippen molar-refractivity contribution in [3.63, 3.8) is 0 Å². The van der Waals surface area contributed by atoms with Crippen LogP contribution >= 0.6 is 0 Å². The monoisotopic (exact) mass is 576 g/mol. The first-order valence-electron chi connectivity index (χ1n) is 12.1. The van der Waals surface area contributed by atoms with Gasteiger partial charge in [-0.2, -0.15) is 4.21 Å². The zero-order valence-corrected chi connectivity index (χ0v) is 25.6. The first-order chi connectivity index (χ1) is 16.5. The van der Waals surface area contributed by atoms with Crippen LogP contribution < -0.4 is 12.4 Å². The van der Waals surface area contributed by atoms with Crippen LogP contribution in [0.4, 0.5) is 0 Å². The van der Waals surface area contributed by atoms with Crippen LogP contribution in [0, 0.1) is 0 Å². The molecule has 36 heavy (non-hydrogen) atoms. The van der Waals surface area contributed by atoms with Crippen molar-refractivity contribution in [2.24, 2.45) is 0 Å². The molecule has 0 aromatic heterocycles. The van der Waals surface area contributed by atoms with E-state index in [0.717, 1.165) is 13.3 Å². The Kier molecular flexibility index (Phi) is 28.1. The molecule has 0 spiro atoms.